The lowest BCUT2D eigenvalue weighted by Gasteiger charge is -2.26. The molecule has 0 spiro atoms. The van der Waals surface area contributed by atoms with Crippen LogP contribution in [0.1, 0.15) is 32.3 Å². The molecule has 0 bridgehead atoms. The Hall–Kier alpha value is -4.67. The van der Waals surface area contributed by atoms with E-state index in [4.69, 9.17) is 9.15 Å². The number of nitrogens with zero attached hydrogens (tertiary/aromatic N) is 1. The largest absolute Gasteiger partial charge is 0.496 e. The maximum atomic E-state index is 12.6. The van der Waals surface area contributed by atoms with Gasteiger partial charge in [-0.05, 0) is 56.5 Å². The van der Waals surface area contributed by atoms with Gasteiger partial charge in [0.05, 0.1) is 18.9 Å². The Kier molecular flexibility index (Phi) is 7.75. The summed E-state index contributed by atoms with van der Waals surface area (Å²) < 4.78 is 10.7. The Balaban J connectivity index is 1.31. The monoisotopic (exact) mass is 519 g/mol. The van der Waals surface area contributed by atoms with Crippen molar-refractivity contribution in [3.8, 4) is 17.1 Å². The van der Waals surface area contributed by atoms with E-state index in [0.717, 1.165) is 5.56 Å². The molecule has 0 aliphatic carbocycles. The molecule has 1 saturated heterocycles. The first kappa shape index (κ1) is 26.4. The van der Waals surface area contributed by atoms with Crippen molar-refractivity contribution in [2.24, 2.45) is 0 Å². The maximum absolute atomic E-state index is 12.6. The van der Waals surface area contributed by atoms with E-state index in [-0.39, 0.29) is 11.8 Å². The van der Waals surface area contributed by atoms with Gasteiger partial charge in [0.1, 0.15) is 11.8 Å². The van der Waals surface area contributed by atoms with E-state index in [1.807, 2.05) is 26.0 Å². The Morgan fingerprint density at radius 1 is 1.08 bits per heavy atom. The summed E-state index contributed by atoms with van der Waals surface area (Å²) in [6.07, 6.45) is 4.12. The molecular formula is C27H29N5O6. The van der Waals surface area contributed by atoms with E-state index in [0.29, 0.717) is 47.7 Å². The van der Waals surface area contributed by atoms with E-state index in [2.05, 4.69) is 26.3 Å². The molecule has 1 aromatic heterocycles. The SMILES string of the molecule is COc1cc(NC(=O)C(=O)NC(C)(C)Cc2ccc(NC(=O)C3CCC(=O)N3)cc2)ccc1-c1cnco1. The number of methoxy groups -OCH3 is 1. The van der Waals surface area contributed by atoms with Crippen LogP contribution < -0.4 is 26.0 Å². The Morgan fingerprint density at radius 3 is 2.45 bits per heavy atom. The summed E-state index contributed by atoms with van der Waals surface area (Å²) in [6.45, 7) is 3.62. The van der Waals surface area contributed by atoms with Crippen LogP contribution in [0.2, 0.25) is 0 Å². The number of carbonyl (C=O) groups excluding carboxylic acids is 4. The molecule has 4 N–H and O–H groups in total. The Morgan fingerprint density at radius 2 is 1.82 bits per heavy atom. The molecule has 3 aromatic rings. The summed E-state index contributed by atoms with van der Waals surface area (Å²) in [5, 5.41) is 10.8. The van der Waals surface area contributed by atoms with Crippen molar-refractivity contribution >= 4 is 35.0 Å². The van der Waals surface area contributed by atoms with Crippen LogP contribution in [0.5, 0.6) is 5.75 Å². The molecule has 1 unspecified atom stereocenters. The highest BCUT2D eigenvalue weighted by atomic mass is 16.5. The first-order valence-corrected chi connectivity index (χ1v) is 12.0. The minimum absolute atomic E-state index is 0.126. The van der Waals surface area contributed by atoms with Gasteiger partial charge in [0, 0.05) is 29.4 Å². The molecule has 4 rings (SSSR count). The number of hydrogen-bond acceptors (Lipinski definition) is 7. The zero-order chi connectivity index (χ0) is 27.3. The Labute approximate surface area is 219 Å². The lowest BCUT2D eigenvalue weighted by molar-refractivity contribution is -0.137. The third-order valence-corrected chi connectivity index (χ3v) is 5.99. The van der Waals surface area contributed by atoms with Crippen LogP contribution in [0.25, 0.3) is 11.3 Å². The number of amides is 4. The van der Waals surface area contributed by atoms with Crippen molar-refractivity contribution in [3.05, 3.63) is 60.6 Å². The molecule has 4 amide bonds. The number of anilines is 2. The molecule has 0 radical (unpaired) electrons. The predicted octanol–water partition coefficient (Wildman–Crippen LogP) is 2.64. The van der Waals surface area contributed by atoms with Gasteiger partial charge >= 0.3 is 11.8 Å². The van der Waals surface area contributed by atoms with E-state index in [1.165, 1.54) is 13.5 Å². The highest BCUT2D eigenvalue weighted by Crippen LogP contribution is 2.32. The minimum Gasteiger partial charge on any atom is -0.496 e. The number of nitrogens with one attached hydrogen (secondary N) is 4. The average molecular weight is 520 g/mol. The average Bonchev–Trinajstić information content (AvgIpc) is 3.57. The van der Waals surface area contributed by atoms with Crippen LogP contribution in [0, 0.1) is 0 Å². The smallest absolute Gasteiger partial charge is 0.313 e. The highest BCUT2D eigenvalue weighted by Gasteiger charge is 2.28. The van der Waals surface area contributed by atoms with Crippen LogP contribution in [0.3, 0.4) is 0 Å². The number of carbonyl (C=O) groups is 4. The summed E-state index contributed by atoms with van der Waals surface area (Å²) in [7, 11) is 1.49. The van der Waals surface area contributed by atoms with Crippen molar-refractivity contribution in [1.29, 1.82) is 0 Å². The molecule has 0 saturated carbocycles. The third-order valence-electron chi connectivity index (χ3n) is 5.99. The molecule has 1 aliphatic heterocycles. The fourth-order valence-electron chi connectivity index (χ4n) is 4.17. The molecule has 1 aliphatic rings. The highest BCUT2D eigenvalue weighted by molar-refractivity contribution is 6.39. The Bertz CT molecular complexity index is 1330. The molecular weight excluding hydrogens is 490 g/mol. The van der Waals surface area contributed by atoms with Crippen LogP contribution in [-0.4, -0.2) is 47.3 Å². The summed E-state index contributed by atoms with van der Waals surface area (Å²) in [5.74, 6) is -1.02. The first-order valence-electron chi connectivity index (χ1n) is 12.0. The van der Waals surface area contributed by atoms with Crippen LogP contribution >= 0.6 is 0 Å². The van der Waals surface area contributed by atoms with Crippen molar-refractivity contribution in [3.63, 3.8) is 0 Å². The molecule has 1 atom stereocenters. The second kappa shape index (κ2) is 11.2. The molecule has 198 valence electrons. The van der Waals surface area contributed by atoms with Gasteiger partial charge in [-0.2, -0.15) is 0 Å². The second-order valence-electron chi connectivity index (χ2n) is 9.59. The van der Waals surface area contributed by atoms with Gasteiger partial charge in [0.25, 0.3) is 0 Å². The van der Waals surface area contributed by atoms with Crippen molar-refractivity contribution in [1.82, 2.24) is 15.6 Å². The van der Waals surface area contributed by atoms with Crippen LogP contribution in [0.15, 0.2) is 59.5 Å². The van der Waals surface area contributed by atoms with Crippen LogP contribution in [-0.2, 0) is 25.6 Å². The van der Waals surface area contributed by atoms with Gasteiger partial charge in [-0.1, -0.05) is 12.1 Å². The number of oxazole rings is 1. The predicted molar refractivity (Wildman–Crippen MR) is 139 cm³/mol. The van der Waals surface area contributed by atoms with Crippen molar-refractivity contribution in [2.75, 3.05) is 17.7 Å². The van der Waals surface area contributed by atoms with Crippen molar-refractivity contribution in [2.45, 2.75) is 44.7 Å². The van der Waals surface area contributed by atoms with Gasteiger partial charge < -0.3 is 30.4 Å². The summed E-state index contributed by atoms with van der Waals surface area (Å²) in [4.78, 5) is 52.7. The zero-order valence-corrected chi connectivity index (χ0v) is 21.3. The molecule has 11 heteroatoms. The number of ether oxygens (including phenoxy) is 1. The van der Waals surface area contributed by atoms with Gasteiger partial charge in [-0.3, -0.25) is 19.2 Å². The quantitative estimate of drug-likeness (QED) is 0.334. The van der Waals surface area contributed by atoms with Gasteiger partial charge in [0.15, 0.2) is 12.2 Å². The normalized spacial score (nSPS) is 14.9. The molecule has 2 aromatic carbocycles. The number of rotatable bonds is 8. The van der Waals surface area contributed by atoms with Crippen LogP contribution in [0.4, 0.5) is 11.4 Å². The van der Waals surface area contributed by atoms with Crippen molar-refractivity contribution < 1.29 is 28.3 Å². The lowest BCUT2D eigenvalue weighted by atomic mass is 9.94. The molecule has 2 heterocycles. The minimum atomic E-state index is -0.815. The fraction of sp³-hybridized carbons (Fsp3) is 0.296. The van der Waals surface area contributed by atoms with Gasteiger partial charge in [-0.15, -0.1) is 0 Å². The molecule has 11 nitrogen and oxygen atoms in total. The van der Waals surface area contributed by atoms with E-state index in [1.54, 1.807) is 36.5 Å². The number of hydrogen-bond donors (Lipinski definition) is 4. The van der Waals surface area contributed by atoms with E-state index < -0.39 is 23.4 Å². The topological polar surface area (TPSA) is 152 Å². The number of aromatic nitrogens is 1. The maximum Gasteiger partial charge on any atom is 0.313 e. The van der Waals surface area contributed by atoms with Gasteiger partial charge in [0.2, 0.25) is 11.8 Å². The first-order chi connectivity index (χ1) is 18.1. The number of benzene rings is 2. The van der Waals surface area contributed by atoms with E-state index in [9.17, 15) is 19.2 Å². The molecule has 38 heavy (non-hydrogen) atoms. The third kappa shape index (κ3) is 6.55. The fourth-order valence-corrected chi connectivity index (χ4v) is 4.17. The standard InChI is InChI=1S/C27H29N5O6/c1-27(2,13-16-4-6-17(7-5-16)29-24(34)20-10-11-23(33)31-20)32-26(36)25(35)30-18-8-9-19(21(12-18)37-3)22-14-28-15-38-22/h4-9,12,14-15,20H,10-11,13H2,1-3H3,(H,29,34)(H,30,35)(H,31,33)(H,32,36). The molecule has 1 fully saturated rings. The second-order valence-corrected chi connectivity index (χ2v) is 9.59. The summed E-state index contributed by atoms with van der Waals surface area (Å²) in [5.41, 5.74) is 1.81. The lowest BCUT2D eigenvalue weighted by Crippen LogP contribution is -2.49. The van der Waals surface area contributed by atoms with E-state index >= 15 is 0 Å². The summed E-state index contributed by atoms with van der Waals surface area (Å²) >= 11 is 0. The summed E-state index contributed by atoms with van der Waals surface area (Å²) in [6, 6.07) is 11.6. The zero-order valence-electron chi connectivity index (χ0n) is 21.3. The van der Waals surface area contributed by atoms with Gasteiger partial charge in [-0.25, -0.2) is 4.98 Å².